The number of likely N-dealkylation sites (tertiary alicyclic amines) is 1. The molecule has 2 aromatic rings. The lowest BCUT2D eigenvalue weighted by atomic mass is 9.68. The van der Waals surface area contributed by atoms with Crippen molar-refractivity contribution < 1.29 is 4.79 Å². The second-order valence-corrected chi connectivity index (χ2v) is 9.90. The van der Waals surface area contributed by atoms with Crippen molar-refractivity contribution in [2.45, 2.75) is 56.9 Å². The van der Waals surface area contributed by atoms with Gasteiger partial charge in [-0.2, -0.15) is 0 Å². The standard InChI is InChI=1S/C26H35N3O/c1-19-18-29(13-6-11-26(28)16-21-7-3-4-8-22(21)17-26)14-12-25(19,2)23-10-5-9-20(15-23)24(27)30/h3-5,7-10,15,19H,6,11-14,16-18,28H2,1-2H3,(H2,27,30)/t19-,25+/m0/s1. The van der Waals surface area contributed by atoms with Gasteiger partial charge in [0.05, 0.1) is 0 Å². The molecule has 1 aliphatic heterocycles. The van der Waals surface area contributed by atoms with Crippen LogP contribution in [0.1, 0.15) is 60.2 Å². The average Bonchev–Trinajstić information content (AvgIpc) is 3.07. The summed E-state index contributed by atoms with van der Waals surface area (Å²) in [4.78, 5) is 14.2. The number of hydrogen-bond donors (Lipinski definition) is 2. The number of fused-ring (bicyclic) bond motifs is 1. The molecular weight excluding hydrogens is 370 g/mol. The van der Waals surface area contributed by atoms with Crippen LogP contribution in [0, 0.1) is 5.92 Å². The smallest absolute Gasteiger partial charge is 0.248 e. The molecule has 1 aliphatic carbocycles. The number of carbonyl (C=O) groups is 1. The van der Waals surface area contributed by atoms with E-state index in [0.29, 0.717) is 11.5 Å². The van der Waals surface area contributed by atoms with Gasteiger partial charge in [0, 0.05) is 17.6 Å². The quantitative estimate of drug-likeness (QED) is 0.770. The van der Waals surface area contributed by atoms with Crippen molar-refractivity contribution in [2.24, 2.45) is 17.4 Å². The predicted molar refractivity (Wildman–Crippen MR) is 123 cm³/mol. The highest BCUT2D eigenvalue weighted by atomic mass is 16.1. The second-order valence-electron chi connectivity index (χ2n) is 9.90. The number of benzene rings is 2. The van der Waals surface area contributed by atoms with Crippen molar-refractivity contribution in [3.05, 3.63) is 70.8 Å². The van der Waals surface area contributed by atoms with E-state index < -0.39 is 0 Å². The third kappa shape index (κ3) is 4.17. The molecule has 2 aromatic carbocycles. The van der Waals surface area contributed by atoms with Crippen LogP contribution in [0.4, 0.5) is 0 Å². The van der Waals surface area contributed by atoms with Crippen molar-refractivity contribution in [3.8, 4) is 0 Å². The molecule has 0 saturated carbocycles. The molecule has 4 N–H and O–H groups in total. The fourth-order valence-electron chi connectivity index (χ4n) is 5.53. The summed E-state index contributed by atoms with van der Waals surface area (Å²) in [6.45, 7) is 7.94. The van der Waals surface area contributed by atoms with E-state index in [1.54, 1.807) is 6.07 Å². The minimum Gasteiger partial charge on any atom is -0.366 e. The van der Waals surface area contributed by atoms with Gasteiger partial charge in [0.2, 0.25) is 5.91 Å². The first kappa shape index (κ1) is 21.1. The van der Waals surface area contributed by atoms with Crippen LogP contribution in [0.15, 0.2) is 48.5 Å². The van der Waals surface area contributed by atoms with Gasteiger partial charge < -0.3 is 16.4 Å². The van der Waals surface area contributed by atoms with Gasteiger partial charge in [-0.3, -0.25) is 4.79 Å². The lowest BCUT2D eigenvalue weighted by Crippen LogP contribution is -2.48. The largest absolute Gasteiger partial charge is 0.366 e. The molecular formula is C26H35N3O. The van der Waals surface area contributed by atoms with Crippen LogP contribution in [0.2, 0.25) is 0 Å². The van der Waals surface area contributed by atoms with E-state index >= 15 is 0 Å². The number of hydrogen-bond acceptors (Lipinski definition) is 3. The van der Waals surface area contributed by atoms with Gasteiger partial charge in [0.1, 0.15) is 0 Å². The molecule has 1 fully saturated rings. The molecule has 4 nitrogen and oxygen atoms in total. The normalized spacial score (nSPS) is 25.8. The average molecular weight is 406 g/mol. The number of primary amides is 1. The molecule has 4 heteroatoms. The van der Waals surface area contributed by atoms with Crippen LogP contribution < -0.4 is 11.5 Å². The van der Waals surface area contributed by atoms with Crippen LogP contribution in [0.5, 0.6) is 0 Å². The summed E-state index contributed by atoms with van der Waals surface area (Å²) in [6.07, 6.45) is 5.33. The van der Waals surface area contributed by atoms with E-state index in [0.717, 1.165) is 51.7 Å². The van der Waals surface area contributed by atoms with E-state index in [-0.39, 0.29) is 16.9 Å². The molecule has 0 bridgehead atoms. The Bertz CT molecular complexity index is 899. The van der Waals surface area contributed by atoms with E-state index in [1.807, 2.05) is 12.1 Å². The van der Waals surface area contributed by atoms with E-state index in [2.05, 4.69) is 49.1 Å². The molecule has 160 valence electrons. The van der Waals surface area contributed by atoms with Gasteiger partial charge in [-0.25, -0.2) is 0 Å². The van der Waals surface area contributed by atoms with Crippen LogP contribution >= 0.6 is 0 Å². The van der Waals surface area contributed by atoms with Crippen molar-refractivity contribution >= 4 is 5.91 Å². The Morgan fingerprint density at radius 1 is 1.13 bits per heavy atom. The van der Waals surface area contributed by atoms with Crippen LogP contribution in [-0.2, 0) is 18.3 Å². The van der Waals surface area contributed by atoms with Crippen LogP contribution in [-0.4, -0.2) is 36.0 Å². The van der Waals surface area contributed by atoms with Crippen LogP contribution in [0.25, 0.3) is 0 Å². The first-order chi connectivity index (χ1) is 14.3. The molecule has 2 atom stereocenters. The van der Waals surface area contributed by atoms with E-state index in [4.69, 9.17) is 11.5 Å². The Kier molecular flexibility index (Phi) is 5.73. The number of piperidine rings is 1. The van der Waals surface area contributed by atoms with Crippen molar-refractivity contribution in [2.75, 3.05) is 19.6 Å². The summed E-state index contributed by atoms with van der Waals surface area (Å²) in [5, 5.41) is 0. The SMILES string of the molecule is C[C@H]1CN(CCCC2(N)Cc3ccccc3C2)CC[C@@]1(C)c1cccc(C(N)=O)c1. The summed E-state index contributed by atoms with van der Waals surface area (Å²) in [7, 11) is 0. The molecule has 4 rings (SSSR count). The third-order valence-electron chi connectivity index (χ3n) is 7.73. The zero-order valence-corrected chi connectivity index (χ0v) is 18.4. The summed E-state index contributed by atoms with van der Waals surface area (Å²) in [5.41, 5.74) is 17.0. The highest BCUT2D eigenvalue weighted by molar-refractivity contribution is 5.92. The Morgan fingerprint density at radius 3 is 2.47 bits per heavy atom. The van der Waals surface area contributed by atoms with Crippen molar-refractivity contribution in [3.63, 3.8) is 0 Å². The van der Waals surface area contributed by atoms with Gasteiger partial charge in [0.25, 0.3) is 0 Å². The monoisotopic (exact) mass is 405 g/mol. The number of amides is 1. The summed E-state index contributed by atoms with van der Waals surface area (Å²) in [5.74, 6) is 0.160. The van der Waals surface area contributed by atoms with Gasteiger partial charge in [-0.05, 0) is 85.3 Å². The molecule has 2 aliphatic rings. The first-order valence-corrected chi connectivity index (χ1v) is 11.3. The maximum Gasteiger partial charge on any atom is 0.248 e. The van der Waals surface area contributed by atoms with E-state index in [9.17, 15) is 4.79 Å². The number of nitrogens with zero attached hydrogens (tertiary/aromatic N) is 1. The Balaban J connectivity index is 1.32. The molecule has 1 heterocycles. The fraction of sp³-hybridized carbons (Fsp3) is 0.500. The van der Waals surface area contributed by atoms with Crippen molar-refractivity contribution in [1.29, 1.82) is 0 Å². The number of rotatable bonds is 6. The molecule has 0 radical (unpaired) electrons. The third-order valence-corrected chi connectivity index (χ3v) is 7.73. The van der Waals surface area contributed by atoms with Gasteiger partial charge in [-0.1, -0.05) is 50.2 Å². The van der Waals surface area contributed by atoms with Crippen LogP contribution in [0.3, 0.4) is 0 Å². The van der Waals surface area contributed by atoms with Gasteiger partial charge >= 0.3 is 0 Å². The zero-order valence-electron chi connectivity index (χ0n) is 18.4. The van der Waals surface area contributed by atoms with Crippen molar-refractivity contribution in [1.82, 2.24) is 4.90 Å². The Morgan fingerprint density at radius 2 is 1.83 bits per heavy atom. The minimum atomic E-state index is -0.352. The first-order valence-electron chi connectivity index (χ1n) is 11.3. The summed E-state index contributed by atoms with van der Waals surface area (Å²) in [6, 6.07) is 16.6. The lowest BCUT2D eigenvalue weighted by Gasteiger charge is -2.45. The Hall–Kier alpha value is -2.17. The summed E-state index contributed by atoms with van der Waals surface area (Å²) >= 11 is 0. The highest BCUT2D eigenvalue weighted by Crippen LogP contribution is 2.40. The lowest BCUT2D eigenvalue weighted by molar-refractivity contribution is 0.0997. The number of carbonyl (C=O) groups excluding carboxylic acids is 1. The molecule has 0 spiro atoms. The highest BCUT2D eigenvalue weighted by Gasteiger charge is 2.38. The molecule has 30 heavy (non-hydrogen) atoms. The van der Waals surface area contributed by atoms with Gasteiger partial charge in [0.15, 0.2) is 0 Å². The number of nitrogens with two attached hydrogens (primary N) is 2. The molecule has 0 unspecified atom stereocenters. The maximum atomic E-state index is 11.6. The molecule has 1 saturated heterocycles. The topological polar surface area (TPSA) is 72.3 Å². The Labute approximate surface area is 180 Å². The molecule has 0 aromatic heterocycles. The fourth-order valence-corrected chi connectivity index (χ4v) is 5.53. The molecule has 1 amide bonds. The second kappa shape index (κ2) is 8.16. The maximum absolute atomic E-state index is 11.6. The van der Waals surface area contributed by atoms with Gasteiger partial charge in [-0.15, -0.1) is 0 Å². The van der Waals surface area contributed by atoms with E-state index in [1.165, 1.54) is 16.7 Å². The summed E-state index contributed by atoms with van der Waals surface area (Å²) < 4.78 is 0. The minimum absolute atomic E-state index is 0.0736. The zero-order chi connectivity index (χ0) is 21.4. The predicted octanol–water partition coefficient (Wildman–Crippen LogP) is 3.66.